The molecule has 0 saturated heterocycles. The van der Waals surface area contributed by atoms with Crippen molar-refractivity contribution >= 4 is 0 Å². The second-order valence-electron chi connectivity index (χ2n) is 3.83. The Morgan fingerprint density at radius 2 is 1.85 bits per heavy atom. The highest BCUT2D eigenvalue weighted by atomic mass is 16.5. The Kier molecular flexibility index (Phi) is 8.46. The van der Waals surface area contributed by atoms with Gasteiger partial charge in [-0.05, 0) is 26.7 Å². The lowest BCUT2D eigenvalue weighted by Crippen LogP contribution is -2.16. The second-order valence-corrected chi connectivity index (χ2v) is 3.83. The van der Waals surface area contributed by atoms with Crippen molar-refractivity contribution in [2.24, 2.45) is 0 Å². The van der Waals surface area contributed by atoms with E-state index in [2.05, 4.69) is 6.92 Å². The molecule has 0 aliphatic rings. The van der Waals surface area contributed by atoms with Gasteiger partial charge in [0.15, 0.2) is 0 Å². The Bertz CT molecular complexity index is 102. The van der Waals surface area contributed by atoms with Gasteiger partial charge in [0.05, 0.1) is 12.2 Å². The van der Waals surface area contributed by atoms with Gasteiger partial charge < -0.3 is 9.84 Å². The van der Waals surface area contributed by atoms with E-state index in [-0.39, 0.29) is 12.2 Å². The van der Waals surface area contributed by atoms with Crippen molar-refractivity contribution in [3.63, 3.8) is 0 Å². The van der Waals surface area contributed by atoms with E-state index in [0.717, 1.165) is 19.4 Å². The minimum absolute atomic E-state index is 0.196. The predicted octanol–water partition coefficient (Wildman–Crippen LogP) is 2.74. The minimum atomic E-state index is -0.245. The zero-order valence-electron chi connectivity index (χ0n) is 9.25. The molecule has 0 rings (SSSR count). The molecule has 13 heavy (non-hydrogen) atoms. The fraction of sp³-hybridized carbons (Fsp3) is 1.00. The summed E-state index contributed by atoms with van der Waals surface area (Å²) in [4.78, 5) is 0. The van der Waals surface area contributed by atoms with Crippen LogP contribution in [0.15, 0.2) is 0 Å². The van der Waals surface area contributed by atoms with Crippen molar-refractivity contribution in [1.29, 1.82) is 0 Å². The summed E-state index contributed by atoms with van der Waals surface area (Å²) in [5.74, 6) is 0. The summed E-state index contributed by atoms with van der Waals surface area (Å²) >= 11 is 0. The van der Waals surface area contributed by atoms with Crippen LogP contribution in [0, 0.1) is 0 Å². The van der Waals surface area contributed by atoms with E-state index in [1.165, 1.54) is 19.3 Å². The Morgan fingerprint density at radius 3 is 2.38 bits per heavy atom. The summed E-state index contributed by atoms with van der Waals surface area (Å²) in [6, 6.07) is 0. The molecule has 0 radical (unpaired) electrons. The van der Waals surface area contributed by atoms with Crippen molar-refractivity contribution in [3.8, 4) is 0 Å². The van der Waals surface area contributed by atoms with E-state index in [9.17, 15) is 0 Å². The first-order chi connectivity index (χ1) is 6.16. The highest BCUT2D eigenvalue weighted by Gasteiger charge is 2.05. The van der Waals surface area contributed by atoms with Crippen LogP contribution < -0.4 is 0 Å². The van der Waals surface area contributed by atoms with Gasteiger partial charge in [-0.25, -0.2) is 0 Å². The second kappa shape index (κ2) is 8.52. The maximum Gasteiger partial charge on any atom is 0.0571 e. The average Bonchev–Trinajstić information content (AvgIpc) is 2.02. The molecule has 2 heteroatoms. The fourth-order valence-corrected chi connectivity index (χ4v) is 1.36. The number of rotatable bonds is 8. The number of ether oxygens (including phenoxy) is 1. The number of aliphatic hydroxyl groups excluding tert-OH is 1. The van der Waals surface area contributed by atoms with Crippen molar-refractivity contribution in [2.75, 3.05) is 6.61 Å². The first-order valence-corrected chi connectivity index (χ1v) is 5.46. The first kappa shape index (κ1) is 12.9. The van der Waals surface area contributed by atoms with Crippen LogP contribution in [0.4, 0.5) is 0 Å². The third-order valence-corrected chi connectivity index (χ3v) is 2.07. The molecule has 0 heterocycles. The van der Waals surface area contributed by atoms with Crippen LogP contribution in [0.3, 0.4) is 0 Å². The molecule has 0 saturated carbocycles. The van der Waals surface area contributed by atoms with Crippen LogP contribution in [0.2, 0.25) is 0 Å². The molecule has 2 atom stereocenters. The van der Waals surface area contributed by atoms with Crippen LogP contribution in [-0.4, -0.2) is 23.9 Å². The molecule has 0 aliphatic carbocycles. The summed E-state index contributed by atoms with van der Waals surface area (Å²) in [6.45, 7) is 6.87. The lowest BCUT2D eigenvalue weighted by molar-refractivity contribution is 0.0274. The van der Waals surface area contributed by atoms with E-state index in [1.807, 2.05) is 6.92 Å². The number of aliphatic hydroxyl groups is 1. The van der Waals surface area contributed by atoms with E-state index >= 15 is 0 Å². The normalized spacial score (nSPS) is 15.7. The molecule has 0 amide bonds. The van der Waals surface area contributed by atoms with Crippen LogP contribution in [-0.2, 0) is 4.74 Å². The number of hydrogen-bond acceptors (Lipinski definition) is 2. The van der Waals surface area contributed by atoms with Crippen LogP contribution >= 0.6 is 0 Å². The quantitative estimate of drug-likeness (QED) is 0.593. The summed E-state index contributed by atoms with van der Waals surface area (Å²) in [7, 11) is 0. The van der Waals surface area contributed by atoms with Crippen molar-refractivity contribution < 1.29 is 9.84 Å². The molecule has 0 spiro atoms. The average molecular weight is 188 g/mol. The van der Waals surface area contributed by atoms with Gasteiger partial charge in [0.1, 0.15) is 0 Å². The van der Waals surface area contributed by atoms with Crippen molar-refractivity contribution in [1.82, 2.24) is 0 Å². The minimum Gasteiger partial charge on any atom is -0.393 e. The molecular weight excluding hydrogens is 164 g/mol. The zero-order valence-corrected chi connectivity index (χ0v) is 9.25. The molecule has 0 bridgehead atoms. The maximum atomic E-state index is 9.08. The summed E-state index contributed by atoms with van der Waals surface area (Å²) in [5, 5.41) is 9.08. The Labute approximate surface area is 82.3 Å². The van der Waals surface area contributed by atoms with Gasteiger partial charge in [-0.2, -0.15) is 0 Å². The molecule has 80 valence electrons. The van der Waals surface area contributed by atoms with E-state index in [1.54, 1.807) is 6.92 Å². The standard InChI is InChI=1S/C11H24O2/c1-4-5-6-7-8-13-11(3)9-10(2)12/h10-12H,4-9H2,1-3H3. The monoisotopic (exact) mass is 188 g/mol. The Hall–Kier alpha value is -0.0800. The first-order valence-electron chi connectivity index (χ1n) is 5.46. The van der Waals surface area contributed by atoms with Gasteiger partial charge in [-0.15, -0.1) is 0 Å². The van der Waals surface area contributed by atoms with Gasteiger partial charge in [0.25, 0.3) is 0 Å². The molecular formula is C11H24O2. The zero-order chi connectivity index (χ0) is 10.1. The van der Waals surface area contributed by atoms with Crippen LogP contribution in [0.1, 0.15) is 52.9 Å². The molecule has 2 unspecified atom stereocenters. The number of unbranched alkanes of at least 4 members (excludes halogenated alkanes) is 3. The maximum absolute atomic E-state index is 9.08. The molecule has 0 aromatic rings. The molecule has 0 aromatic carbocycles. The van der Waals surface area contributed by atoms with Crippen molar-refractivity contribution in [2.45, 2.75) is 65.1 Å². The largest absolute Gasteiger partial charge is 0.393 e. The summed E-state index contributed by atoms with van der Waals surface area (Å²) < 4.78 is 5.54. The smallest absolute Gasteiger partial charge is 0.0571 e. The lowest BCUT2D eigenvalue weighted by Gasteiger charge is -2.14. The molecule has 0 aliphatic heterocycles. The van der Waals surface area contributed by atoms with E-state index in [4.69, 9.17) is 9.84 Å². The SMILES string of the molecule is CCCCCCOC(C)CC(C)O. The summed E-state index contributed by atoms with van der Waals surface area (Å²) in [5.41, 5.74) is 0. The molecule has 0 aromatic heterocycles. The third kappa shape index (κ3) is 9.84. The lowest BCUT2D eigenvalue weighted by atomic mass is 10.2. The Balaban J connectivity index is 3.12. The van der Waals surface area contributed by atoms with Crippen molar-refractivity contribution in [3.05, 3.63) is 0 Å². The Morgan fingerprint density at radius 1 is 1.15 bits per heavy atom. The fourth-order valence-electron chi connectivity index (χ4n) is 1.36. The van der Waals surface area contributed by atoms with Gasteiger partial charge in [-0.3, -0.25) is 0 Å². The van der Waals surface area contributed by atoms with E-state index in [0.29, 0.717) is 0 Å². The molecule has 0 fully saturated rings. The summed E-state index contributed by atoms with van der Waals surface area (Å²) in [6.07, 6.45) is 5.67. The third-order valence-electron chi connectivity index (χ3n) is 2.07. The van der Waals surface area contributed by atoms with Crippen LogP contribution in [0.25, 0.3) is 0 Å². The van der Waals surface area contributed by atoms with Crippen LogP contribution in [0.5, 0.6) is 0 Å². The van der Waals surface area contributed by atoms with Gasteiger partial charge in [0.2, 0.25) is 0 Å². The predicted molar refractivity (Wildman–Crippen MR) is 55.9 cm³/mol. The van der Waals surface area contributed by atoms with E-state index < -0.39 is 0 Å². The van der Waals surface area contributed by atoms with Gasteiger partial charge in [-0.1, -0.05) is 26.2 Å². The highest BCUT2D eigenvalue weighted by Crippen LogP contribution is 2.04. The van der Waals surface area contributed by atoms with Gasteiger partial charge in [0, 0.05) is 6.61 Å². The molecule has 1 N–H and O–H groups in total. The van der Waals surface area contributed by atoms with Gasteiger partial charge >= 0.3 is 0 Å². The highest BCUT2D eigenvalue weighted by molar-refractivity contribution is 4.55. The topological polar surface area (TPSA) is 29.5 Å². The molecule has 2 nitrogen and oxygen atoms in total. The number of hydrogen-bond donors (Lipinski definition) is 1.